The van der Waals surface area contributed by atoms with Crippen LogP contribution >= 0.6 is 0 Å². The standard InChI is InChI=1S/C26H30N2O2/c1-4-25(30-23-13-12-21-9-5-6-10-22(21)18-23)26(29)28-16-14-27(15-17-28)24-11-7-8-19(2)20(24)3/h5-13,18,25H,4,14-17H2,1-3H3/t25-/m1/s1. The Kier molecular flexibility index (Phi) is 5.93. The number of rotatable bonds is 5. The third kappa shape index (κ3) is 4.13. The summed E-state index contributed by atoms with van der Waals surface area (Å²) in [5.74, 6) is 0.842. The zero-order valence-corrected chi connectivity index (χ0v) is 18.1. The van der Waals surface area contributed by atoms with E-state index in [-0.39, 0.29) is 5.91 Å². The average Bonchev–Trinajstić information content (AvgIpc) is 2.79. The van der Waals surface area contributed by atoms with Gasteiger partial charge in [-0.3, -0.25) is 4.79 Å². The molecule has 1 heterocycles. The number of anilines is 1. The molecular formula is C26H30N2O2. The molecule has 0 spiro atoms. The largest absolute Gasteiger partial charge is 0.481 e. The number of fused-ring (bicyclic) bond motifs is 1. The van der Waals surface area contributed by atoms with Gasteiger partial charge in [0.2, 0.25) is 0 Å². The SMILES string of the molecule is CC[C@@H](Oc1ccc2ccccc2c1)C(=O)N1CCN(c2cccc(C)c2C)CC1. The second kappa shape index (κ2) is 8.78. The number of amides is 1. The minimum Gasteiger partial charge on any atom is -0.481 e. The molecule has 0 bridgehead atoms. The monoisotopic (exact) mass is 402 g/mol. The maximum absolute atomic E-state index is 13.1. The number of piperazine rings is 1. The van der Waals surface area contributed by atoms with Gasteiger partial charge in [-0.05, 0) is 60.4 Å². The van der Waals surface area contributed by atoms with E-state index in [0.717, 1.165) is 37.3 Å². The van der Waals surface area contributed by atoms with Gasteiger partial charge in [0.05, 0.1) is 0 Å². The third-order valence-corrected chi connectivity index (χ3v) is 6.15. The highest BCUT2D eigenvalue weighted by atomic mass is 16.5. The van der Waals surface area contributed by atoms with Crippen LogP contribution in [0.15, 0.2) is 60.7 Å². The van der Waals surface area contributed by atoms with Gasteiger partial charge < -0.3 is 14.5 Å². The van der Waals surface area contributed by atoms with Gasteiger partial charge >= 0.3 is 0 Å². The Bertz CT molecular complexity index is 1040. The third-order valence-electron chi connectivity index (χ3n) is 6.15. The molecule has 3 aromatic carbocycles. The molecule has 1 aliphatic rings. The molecule has 4 nitrogen and oxygen atoms in total. The predicted octanol–water partition coefficient (Wildman–Crippen LogP) is 4.96. The average molecular weight is 403 g/mol. The second-order valence-corrected chi connectivity index (χ2v) is 8.06. The van der Waals surface area contributed by atoms with Crippen LogP contribution in [0.3, 0.4) is 0 Å². The molecule has 0 aliphatic carbocycles. The van der Waals surface area contributed by atoms with E-state index in [4.69, 9.17) is 4.74 Å². The molecular weight excluding hydrogens is 372 g/mol. The summed E-state index contributed by atoms with van der Waals surface area (Å²) in [6, 6.07) is 20.6. The van der Waals surface area contributed by atoms with Gasteiger partial charge in [-0.1, -0.05) is 49.4 Å². The van der Waals surface area contributed by atoms with Crippen LogP contribution in [0.1, 0.15) is 24.5 Å². The van der Waals surface area contributed by atoms with Crippen molar-refractivity contribution in [3.05, 3.63) is 71.8 Å². The summed E-state index contributed by atoms with van der Waals surface area (Å²) in [4.78, 5) is 17.5. The van der Waals surface area contributed by atoms with Crippen molar-refractivity contribution < 1.29 is 9.53 Å². The molecule has 1 saturated heterocycles. The Labute approximate surface area is 179 Å². The van der Waals surface area contributed by atoms with Crippen molar-refractivity contribution in [2.75, 3.05) is 31.1 Å². The molecule has 1 atom stereocenters. The van der Waals surface area contributed by atoms with Gasteiger partial charge in [-0.2, -0.15) is 0 Å². The summed E-state index contributed by atoms with van der Waals surface area (Å²) in [5, 5.41) is 2.30. The quantitative estimate of drug-likeness (QED) is 0.604. The van der Waals surface area contributed by atoms with Crippen LogP contribution in [0.2, 0.25) is 0 Å². The molecule has 0 aromatic heterocycles. The van der Waals surface area contributed by atoms with Crippen molar-refractivity contribution in [1.29, 1.82) is 0 Å². The van der Waals surface area contributed by atoms with E-state index in [1.54, 1.807) is 0 Å². The summed E-state index contributed by atoms with van der Waals surface area (Å²) >= 11 is 0. The summed E-state index contributed by atoms with van der Waals surface area (Å²) in [6.45, 7) is 9.48. The van der Waals surface area contributed by atoms with Gasteiger partial charge in [0.15, 0.2) is 6.10 Å². The van der Waals surface area contributed by atoms with Gasteiger partial charge in [-0.15, -0.1) is 0 Å². The number of ether oxygens (including phenoxy) is 1. The number of aryl methyl sites for hydroxylation is 1. The maximum atomic E-state index is 13.1. The van der Waals surface area contributed by atoms with Crippen molar-refractivity contribution in [2.24, 2.45) is 0 Å². The van der Waals surface area contributed by atoms with E-state index in [9.17, 15) is 4.79 Å². The first-order chi connectivity index (χ1) is 14.6. The second-order valence-electron chi connectivity index (χ2n) is 8.06. The van der Waals surface area contributed by atoms with E-state index in [2.05, 4.69) is 49.1 Å². The summed E-state index contributed by atoms with van der Waals surface area (Å²) in [6.07, 6.45) is 0.210. The lowest BCUT2D eigenvalue weighted by Crippen LogP contribution is -2.52. The highest BCUT2D eigenvalue weighted by Crippen LogP contribution is 2.25. The van der Waals surface area contributed by atoms with Crippen LogP contribution in [0.5, 0.6) is 5.75 Å². The zero-order chi connectivity index (χ0) is 21.1. The number of carbonyl (C=O) groups excluding carboxylic acids is 1. The Morgan fingerprint density at radius 2 is 1.67 bits per heavy atom. The molecule has 3 aromatic rings. The van der Waals surface area contributed by atoms with Gasteiger partial charge in [0, 0.05) is 31.9 Å². The fourth-order valence-electron chi connectivity index (χ4n) is 4.16. The van der Waals surface area contributed by atoms with Crippen molar-refractivity contribution in [1.82, 2.24) is 4.90 Å². The molecule has 4 heteroatoms. The van der Waals surface area contributed by atoms with Gasteiger partial charge in [0.25, 0.3) is 5.91 Å². The summed E-state index contributed by atoms with van der Waals surface area (Å²) in [7, 11) is 0. The maximum Gasteiger partial charge on any atom is 0.263 e. The molecule has 156 valence electrons. The Balaban J connectivity index is 1.41. The Morgan fingerprint density at radius 1 is 0.933 bits per heavy atom. The molecule has 1 fully saturated rings. The van der Waals surface area contributed by atoms with Crippen molar-refractivity contribution in [3.8, 4) is 5.75 Å². The summed E-state index contributed by atoms with van der Waals surface area (Å²) < 4.78 is 6.13. The minimum atomic E-state index is -0.446. The molecule has 30 heavy (non-hydrogen) atoms. The Morgan fingerprint density at radius 3 is 2.40 bits per heavy atom. The lowest BCUT2D eigenvalue weighted by molar-refractivity contribution is -0.139. The first kappa shape index (κ1) is 20.3. The molecule has 0 N–H and O–H groups in total. The first-order valence-electron chi connectivity index (χ1n) is 10.8. The topological polar surface area (TPSA) is 32.8 Å². The number of nitrogens with zero attached hydrogens (tertiary/aromatic N) is 2. The van der Waals surface area contributed by atoms with Crippen molar-refractivity contribution in [3.63, 3.8) is 0 Å². The molecule has 4 rings (SSSR count). The minimum absolute atomic E-state index is 0.0891. The highest BCUT2D eigenvalue weighted by molar-refractivity contribution is 5.84. The number of carbonyl (C=O) groups is 1. The van der Waals surface area contributed by atoms with Crippen LogP contribution in [0.4, 0.5) is 5.69 Å². The smallest absolute Gasteiger partial charge is 0.263 e. The molecule has 0 unspecified atom stereocenters. The van der Waals surface area contributed by atoms with Crippen LogP contribution < -0.4 is 9.64 Å². The van der Waals surface area contributed by atoms with Gasteiger partial charge in [0.1, 0.15) is 5.75 Å². The predicted molar refractivity (Wildman–Crippen MR) is 123 cm³/mol. The summed E-state index contributed by atoms with van der Waals surface area (Å²) in [5.41, 5.74) is 3.91. The van der Waals surface area contributed by atoms with Crippen LogP contribution in [-0.2, 0) is 4.79 Å². The molecule has 1 aliphatic heterocycles. The molecule has 0 saturated carbocycles. The number of benzene rings is 3. The molecule has 1 amide bonds. The van der Waals surface area contributed by atoms with E-state index >= 15 is 0 Å². The Hall–Kier alpha value is -3.01. The zero-order valence-electron chi connectivity index (χ0n) is 18.1. The van der Waals surface area contributed by atoms with E-state index in [1.165, 1.54) is 22.2 Å². The fourth-order valence-corrected chi connectivity index (χ4v) is 4.16. The lowest BCUT2D eigenvalue weighted by Gasteiger charge is -2.38. The fraction of sp³-hybridized carbons (Fsp3) is 0.346. The lowest BCUT2D eigenvalue weighted by atomic mass is 10.1. The van der Waals surface area contributed by atoms with E-state index in [1.807, 2.05) is 42.2 Å². The van der Waals surface area contributed by atoms with E-state index < -0.39 is 6.10 Å². The number of hydrogen-bond acceptors (Lipinski definition) is 3. The van der Waals surface area contributed by atoms with Gasteiger partial charge in [-0.25, -0.2) is 0 Å². The van der Waals surface area contributed by atoms with Crippen LogP contribution in [0, 0.1) is 13.8 Å². The molecule has 0 radical (unpaired) electrons. The normalized spacial score (nSPS) is 15.3. The van der Waals surface area contributed by atoms with Crippen molar-refractivity contribution >= 4 is 22.4 Å². The van der Waals surface area contributed by atoms with E-state index in [0.29, 0.717) is 6.42 Å². The van der Waals surface area contributed by atoms with Crippen LogP contribution in [-0.4, -0.2) is 43.1 Å². The van der Waals surface area contributed by atoms with Crippen LogP contribution in [0.25, 0.3) is 10.8 Å². The highest BCUT2D eigenvalue weighted by Gasteiger charge is 2.28. The van der Waals surface area contributed by atoms with Crippen molar-refractivity contribution in [2.45, 2.75) is 33.3 Å². The first-order valence-corrected chi connectivity index (χ1v) is 10.8. The number of hydrogen-bond donors (Lipinski definition) is 0.